The largest absolute Gasteiger partial charge is 0.356 e. The zero-order chi connectivity index (χ0) is 17.7. The number of hydrogen-bond acceptors (Lipinski definition) is 4. The van der Waals surface area contributed by atoms with Crippen LogP contribution in [0.25, 0.3) is 0 Å². The topological polar surface area (TPSA) is 58.3 Å². The molecule has 25 heavy (non-hydrogen) atoms. The fraction of sp³-hybridized carbons (Fsp3) is 0.588. The van der Waals surface area contributed by atoms with Crippen LogP contribution in [0.15, 0.2) is 16.4 Å². The van der Waals surface area contributed by atoms with Crippen molar-refractivity contribution in [3.05, 3.63) is 33.5 Å². The third-order valence-electron chi connectivity index (χ3n) is 3.84. The standard InChI is InChI=1S/C17H28N6S.HI/c1-12(9-23-14(3)7-13(2)21-23)8-19-17(18-5)22(6)10-16-11-24-15(4)20-16;/h7,11-12H,8-10H2,1-6H3,(H,18,19);1H. The summed E-state index contributed by atoms with van der Waals surface area (Å²) in [5.41, 5.74) is 3.36. The molecule has 2 aromatic heterocycles. The zero-order valence-corrected chi connectivity index (χ0v) is 19.1. The van der Waals surface area contributed by atoms with E-state index in [-0.39, 0.29) is 24.0 Å². The molecule has 1 N–H and O–H groups in total. The van der Waals surface area contributed by atoms with Crippen molar-refractivity contribution in [2.45, 2.75) is 40.8 Å². The van der Waals surface area contributed by atoms with Gasteiger partial charge in [0.15, 0.2) is 5.96 Å². The lowest BCUT2D eigenvalue weighted by Crippen LogP contribution is -2.41. The molecule has 0 radical (unpaired) electrons. The Morgan fingerprint density at radius 2 is 2.12 bits per heavy atom. The average molecular weight is 476 g/mol. The van der Waals surface area contributed by atoms with Gasteiger partial charge in [-0.05, 0) is 32.8 Å². The first-order valence-corrected chi connectivity index (χ1v) is 9.10. The zero-order valence-electron chi connectivity index (χ0n) is 15.9. The molecule has 0 saturated carbocycles. The second-order valence-corrected chi connectivity index (χ2v) is 7.42. The number of aromatic nitrogens is 3. The van der Waals surface area contributed by atoms with Gasteiger partial charge in [0.1, 0.15) is 0 Å². The van der Waals surface area contributed by atoms with Crippen LogP contribution in [0.4, 0.5) is 0 Å². The summed E-state index contributed by atoms with van der Waals surface area (Å²) in [6.07, 6.45) is 0. The summed E-state index contributed by atoms with van der Waals surface area (Å²) in [4.78, 5) is 11.0. The normalized spacial score (nSPS) is 12.6. The highest BCUT2D eigenvalue weighted by atomic mass is 127. The quantitative estimate of drug-likeness (QED) is 0.395. The van der Waals surface area contributed by atoms with Crippen molar-refractivity contribution in [2.24, 2.45) is 10.9 Å². The molecule has 2 aromatic rings. The molecule has 0 aliphatic carbocycles. The van der Waals surface area contributed by atoms with E-state index in [4.69, 9.17) is 0 Å². The highest BCUT2D eigenvalue weighted by Gasteiger charge is 2.11. The van der Waals surface area contributed by atoms with Crippen LogP contribution in [0.3, 0.4) is 0 Å². The maximum Gasteiger partial charge on any atom is 0.193 e. The molecule has 140 valence electrons. The summed E-state index contributed by atoms with van der Waals surface area (Å²) in [5.74, 6) is 1.34. The van der Waals surface area contributed by atoms with Crippen molar-refractivity contribution in [1.29, 1.82) is 0 Å². The summed E-state index contributed by atoms with van der Waals surface area (Å²) in [7, 11) is 3.85. The minimum absolute atomic E-state index is 0. The maximum atomic E-state index is 4.53. The third-order valence-corrected chi connectivity index (χ3v) is 4.66. The van der Waals surface area contributed by atoms with Crippen LogP contribution >= 0.6 is 35.3 Å². The fourth-order valence-corrected chi connectivity index (χ4v) is 3.27. The Labute approximate surface area is 171 Å². The van der Waals surface area contributed by atoms with Gasteiger partial charge in [-0.2, -0.15) is 5.10 Å². The monoisotopic (exact) mass is 476 g/mol. The summed E-state index contributed by atoms with van der Waals surface area (Å²) in [5, 5.41) is 11.2. The van der Waals surface area contributed by atoms with E-state index in [1.54, 1.807) is 11.3 Å². The van der Waals surface area contributed by atoms with Crippen molar-refractivity contribution in [3.8, 4) is 0 Å². The van der Waals surface area contributed by atoms with Crippen LogP contribution in [0.5, 0.6) is 0 Å². The summed E-state index contributed by atoms with van der Waals surface area (Å²) < 4.78 is 2.08. The molecular weight excluding hydrogens is 447 g/mol. The number of nitrogens with zero attached hydrogens (tertiary/aromatic N) is 5. The Bertz CT molecular complexity index is 693. The number of nitrogens with one attached hydrogen (secondary N) is 1. The van der Waals surface area contributed by atoms with E-state index in [0.29, 0.717) is 5.92 Å². The molecule has 0 aliphatic heterocycles. The van der Waals surface area contributed by atoms with Gasteiger partial charge in [0.25, 0.3) is 0 Å². The smallest absolute Gasteiger partial charge is 0.193 e. The second-order valence-electron chi connectivity index (χ2n) is 6.36. The number of rotatable bonds is 6. The first-order valence-electron chi connectivity index (χ1n) is 8.23. The van der Waals surface area contributed by atoms with Gasteiger partial charge in [0.2, 0.25) is 0 Å². The lowest BCUT2D eigenvalue weighted by molar-refractivity contribution is 0.417. The summed E-state index contributed by atoms with van der Waals surface area (Å²) in [6, 6.07) is 2.11. The molecule has 0 bridgehead atoms. The van der Waals surface area contributed by atoms with Crippen molar-refractivity contribution in [3.63, 3.8) is 0 Å². The van der Waals surface area contributed by atoms with E-state index in [1.165, 1.54) is 5.69 Å². The SMILES string of the molecule is CN=C(NCC(C)Cn1nc(C)cc1C)N(C)Cc1csc(C)n1.I. The van der Waals surface area contributed by atoms with Gasteiger partial charge in [-0.25, -0.2) is 4.98 Å². The molecule has 2 heterocycles. The number of guanidine groups is 1. The predicted molar refractivity (Wildman–Crippen MR) is 116 cm³/mol. The lowest BCUT2D eigenvalue weighted by atomic mass is 10.2. The van der Waals surface area contributed by atoms with Gasteiger partial charge in [-0.1, -0.05) is 6.92 Å². The fourth-order valence-electron chi connectivity index (χ4n) is 2.67. The highest BCUT2D eigenvalue weighted by molar-refractivity contribution is 14.0. The van der Waals surface area contributed by atoms with Gasteiger partial charge in [0.05, 0.1) is 22.9 Å². The number of aliphatic imine (C=N–C) groups is 1. The molecular formula is C17H29IN6S. The minimum atomic E-state index is 0. The first-order chi connectivity index (χ1) is 11.4. The van der Waals surface area contributed by atoms with E-state index in [2.05, 4.69) is 55.3 Å². The van der Waals surface area contributed by atoms with Gasteiger partial charge in [0, 0.05) is 38.3 Å². The molecule has 1 atom stereocenters. The van der Waals surface area contributed by atoms with Gasteiger partial charge in [-0.15, -0.1) is 35.3 Å². The average Bonchev–Trinajstić information content (AvgIpc) is 3.05. The highest BCUT2D eigenvalue weighted by Crippen LogP contribution is 2.10. The first kappa shape index (κ1) is 21.9. The molecule has 2 rings (SSSR count). The lowest BCUT2D eigenvalue weighted by Gasteiger charge is -2.23. The number of aryl methyl sites for hydroxylation is 3. The van der Waals surface area contributed by atoms with Gasteiger partial charge < -0.3 is 10.2 Å². The minimum Gasteiger partial charge on any atom is -0.356 e. The van der Waals surface area contributed by atoms with Crippen LogP contribution in [0.1, 0.15) is 29.0 Å². The van der Waals surface area contributed by atoms with E-state index in [0.717, 1.165) is 42.0 Å². The maximum absolute atomic E-state index is 4.53. The van der Waals surface area contributed by atoms with Crippen molar-refractivity contribution < 1.29 is 0 Å². The van der Waals surface area contributed by atoms with Crippen molar-refractivity contribution in [2.75, 3.05) is 20.6 Å². The van der Waals surface area contributed by atoms with Crippen molar-refractivity contribution >= 4 is 41.3 Å². The number of halogens is 1. The van der Waals surface area contributed by atoms with E-state index >= 15 is 0 Å². The van der Waals surface area contributed by atoms with Gasteiger partial charge in [-0.3, -0.25) is 9.67 Å². The summed E-state index contributed by atoms with van der Waals surface area (Å²) >= 11 is 1.68. The van der Waals surface area contributed by atoms with Crippen LogP contribution in [-0.2, 0) is 13.1 Å². The molecule has 1 unspecified atom stereocenters. The van der Waals surface area contributed by atoms with Crippen LogP contribution < -0.4 is 5.32 Å². The number of thiazole rings is 1. The molecule has 0 saturated heterocycles. The van der Waals surface area contributed by atoms with Crippen LogP contribution in [-0.4, -0.2) is 46.3 Å². The van der Waals surface area contributed by atoms with Crippen LogP contribution in [0, 0.1) is 26.7 Å². The number of hydrogen-bond donors (Lipinski definition) is 1. The third kappa shape index (κ3) is 6.58. The molecule has 6 nitrogen and oxygen atoms in total. The summed E-state index contributed by atoms with van der Waals surface area (Å²) in [6.45, 7) is 10.9. The molecule has 8 heteroatoms. The Morgan fingerprint density at radius 1 is 1.40 bits per heavy atom. The Hall–Kier alpha value is -1.16. The Kier molecular flexibility index (Phi) is 8.84. The molecule has 0 aliphatic rings. The van der Waals surface area contributed by atoms with Crippen molar-refractivity contribution in [1.82, 2.24) is 25.0 Å². The molecule has 0 aromatic carbocycles. The van der Waals surface area contributed by atoms with E-state index in [9.17, 15) is 0 Å². The molecule has 0 amide bonds. The van der Waals surface area contributed by atoms with E-state index < -0.39 is 0 Å². The molecule has 0 spiro atoms. The molecule has 0 fully saturated rings. The second kappa shape index (κ2) is 10.1. The van der Waals surface area contributed by atoms with Gasteiger partial charge >= 0.3 is 0 Å². The predicted octanol–water partition coefficient (Wildman–Crippen LogP) is 3.23. The Morgan fingerprint density at radius 3 is 2.64 bits per heavy atom. The van der Waals surface area contributed by atoms with E-state index in [1.807, 2.05) is 27.9 Å². The Balaban J connectivity index is 0.00000312. The van der Waals surface area contributed by atoms with Crippen LogP contribution in [0.2, 0.25) is 0 Å².